The molecule has 16 heavy (non-hydrogen) atoms. The van der Waals surface area contributed by atoms with Gasteiger partial charge in [0.2, 0.25) is 5.82 Å². The van der Waals surface area contributed by atoms with Gasteiger partial charge in [-0.25, -0.2) is 14.6 Å². The lowest BCUT2D eigenvalue weighted by molar-refractivity contribution is -0.134. The van der Waals surface area contributed by atoms with Crippen molar-refractivity contribution in [1.29, 1.82) is 0 Å². The number of aromatic nitrogens is 2. The third-order valence-electron chi connectivity index (χ3n) is 1.85. The van der Waals surface area contributed by atoms with Crippen LogP contribution in [0.5, 0.6) is 0 Å². The summed E-state index contributed by atoms with van der Waals surface area (Å²) in [6, 6.07) is 0. The molecule has 0 fully saturated rings. The summed E-state index contributed by atoms with van der Waals surface area (Å²) in [7, 11) is 4.22. The van der Waals surface area contributed by atoms with Gasteiger partial charge in [0.1, 0.15) is 0 Å². The first kappa shape index (κ1) is 12.0. The van der Waals surface area contributed by atoms with E-state index in [1.54, 1.807) is 13.2 Å². The quantitative estimate of drug-likeness (QED) is 0.548. The summed E-state index contributed by atoms with van der Waals surface area (Å²) in [4.78, 5) is 26.0. The van der Waals surface area contributed by atoms with E-state index in [0.717, 1.165) is 0 Å². The molecule has 0 aliphatic rings. The highest BCUT2D eigenvalue weighted by Gasteiger charge is 2.12. The summed E-state index contributed by atoms with van der Waals surface area (Å²) < 4.78 is 10.5. The number of ether oxygens (including phenoxy) is 2. The van der Waals surface area contributed by atoms with Crippen molar-refractivity contribution >= 4 is 18.0 Å². The molecular formula is C10H12N2O4. The largest absolute Gasteiger partial charge is 0.466 e. The van der Waals surface area contributed by atoms with E-state index < -0.39 is 11.9 Å². The SMILES string of the molecule is COC(=O)C=Cc1cn(C)c(C(=O)OC)n1. The highest BCUT2D eigenvalue weighted by Crippen LogP contribution is 2.04. The molecule has 0 saturated carbocycles. The summed E-state index contributed by atoms with van der Waals surface area (Å²) in [5, 5.41) is 0. The Balaban J connectivity index is 2.89. The van der Waals surface area contributed by atoms with Crippen LogP contribution >= 0.6 is 0 Å². The molecule has 0 amide bonds. The highest BCUT2D eigenvalue weighted by atomic mass is 16.5. The fraction of sp³-hybridized carbons (Fsp3) is 0.300. The number of aryl methyl sites for hydroxylation is 1. The molecule has 0 aliphatic carbocycles. The van der Waals surface area contributed by atoms with Gasteiger partial charge in [-0.05, 0) is 6.08 Å². The first-order valence-electron chi connectivity index (χ1n) is 4.46. The zero-order valence-corrected chi connectivity index (χ0v) is 9.26. The van der Waals surface area contributed by atoms with Crippen molar-refractivity contribution in [2.45, 2.75) is 0 Å². The van der Waals surface area contributed by atoms with E-state index in [1.165, 1.54) is 30.9 Å². The van der Waals surface area contributed by atoms with Gasteiger partial charge < -0.3 is 14.0 Å². The lowest BCUT2D eigenvalue weighted by Crippen LogP contribution is -2.08. The van der Waals surface area contributed by atoms with Crippen LogP contribution in [0, 0.1) is 0 Å². The number of carbonyl (C=O) groups excluding carboxylic acids is 2. The second-order valence-corrected chi connectivity index (χ2v) is 2.95. The summed E-state index contributed by atoms with van der Waals surface area (Å²) in [5.41, 5.74) is 0.480. The molecule has 1 heterocycles. The fourth-order valence-electron chi connectivity index (χ4n) is 1.07. The molecular weight excluding hydrogens is 212 g/mol. The molecule has 0 radical (unpaired) electrons. The van der Waals surface area contributed by atoms with Gasteiger partial charge in [-0.1, -0.05) is 0 Å². The van der Waals surface area contributed by atoms with Gasteiger partial charge in [0.25, 0.3) is 0 Å². The Morgan fingerprint density at radius 3 is 2.62 bits per heavy atom. The maximum absolute atomic E-state index is 11.2. The van der Waals surface area contributed by atoms with Crippen molar-refractivity contribution in [2.24, 2.45) is 7.05 Å². The molecule has 0 aliphatic heterocycles. The Bertz CT molecular complexity index is 434. The number of nitrogens with zero attached hydrogens (tertiary/aromatic N) is 2. The van der Waals surface area contributed by atoms with E-state index in [2.05, 4.69) is 14.5 Å². The standard InChI is InChI=1S/C10H12N2O4/c1-12-6-7(4-5-8(13)15-2)11-9(12)10(14)16-3/h4-6H,1-3H3. The molecule has 0 bridgehead atoms. The highest BCUT2D eigenvalue weighted by molar-refractivity contribution is 5.88. The molecule has 1 aromatic rings. The van der Waals surface area contributed by atoms with Crippen LogP contribution in [0.15, 0.2) is 12.3 Å². The molecule has 0 atom stereocenters. The number of esters is 2. The van der Waals surface area contributed by atoms with E-state index in [-0.39, 0.29) is 5.82 Å². The van der Waals surface area contributed by atoms with E-state index in [4.69, 9.17) is 0 Å². The average molecular weight is 224 g/mol. The predicted octanol–water partition coefficient (Wildman–Crippen LogP) is 0.393. The van der Waals surface area contributed by atoms with E-state index in [9.17, 15) is 9.59 Å². The van der Waals surface area contributed by atoms with Crippen molar-refractivity contribution in [3.63, 3.8) is 0 Å². The second-order valence-electron chi connectivity index (χ2n) is 2.95. The Hall–Kier alpha value is -2.11. The van der Waals surface area contributed by atoms with Crippen molar-refractivity contribution < 1.29 is 19.1 Å². The van der Waals surface area contributed by atoms with Crippen molar-refractivity contribution in [3.8, 4) is 0 Å². The summed E-state index contributed by atoms with van der Waals surface area (Å²) >= 11 is 0. The maximum Gasteiger partial charge on any atom is 0.374 e. The zero-order chi connectivity index (χ0) is 12.1. The van der Waals surface area contributed by atoms with Gasteiger partial charge in [0.15, 0.2) is 0 Å². The van der Waals surface area contributed by atoms with Crippen molar-refractivity contribution in [3.05, 3.63) is 23.8 Å². The second kappa shape index (κ2) is 5.11. The summed E-state index contributed by atoms with van der Waals surface area (Å²) in [5.74, 6) is -0.836. The van der Waals surface area contributed by atoms with E-state index in [0.29, 0.717) is 5.69 Å². The van der Waals surface area contributed by atoms with Crippen LogP contribution < -0.4 is 0 Å². The Morgan fingerprint density at radius 1 is 1.38 bits per heavy atom. The molecule has 6 nitrogen and oxygen atoms in total. The zero-order valence-electron chi connectivity index (χ0n) is 9.26. The topological polar surface area (TPSA) is 70.4 Å². The summed E-state index contributed by atoms with van der Waals surface area (Å²) in [6.45, 7) is 0. The van der Waals surface area contributed by atoms with Gasteiger partial charge in [0, 0.05) is 19.3 Å². The third kappa shape index (κ3) is 2.69. The molecule has 86 valence electrons. The van der Waals surface area contributed by atoms with E-state index >= 15 is 0 Å². The molecule has 0 unspecified atom stereocenters. The van der Waals surface area contributed by atoms with Gasteiger partial charge in [-0.2, -0.15) is 0 Å². The fourth-order valence-corrected chi connectivity index (χ4v) is 1.07. The normalized spacial score (nSPS) is 10.4. The monoisotopic (exact) mass is 224 g/mol. The van der Waals surface area contributed by atoms with Gasteiger partial charge in [0.05, 0.1) is 19.9 Å². The van der Waals surface area contributed by atoms with Crippen LogP contribution in [-0.4, -0.2) is 35.7 Å². The van der Waals surface area contributed by atoms with Gasteiger partial charge in [-0.15, -0.1) is 0 Å². The minimum atomic E-state index is -0.528. The van der Waals surface area contributed by atoms with Gasteiger partial charge >= 0.3 is 11.9 Å². The third-order valence-corrected chi connectivity index (χ3v) is 1.85. The lowest BCUT2D eigenvalue weighted by Gasteiger charge is -1.96. The number of hydrogen-bond acceptors (Lipinski definition) is 5. The first-order valence-corrected chi connectivity index (χ1v) is 4.46. The number of imidazole rings is 1. The molecule has 0 saturated heterocycles. The van der Waals surface area contributed by atoms with Crippen LogP contribution in [0.4, 0.5) is 0 Å². The van der Waals surface area contributed by atoms with Crippen LogP contribution in [-0.2, 0) is 21.3 Å². The molecule has 0 spiro atoms. The predicted molar refractivity (Wildman–Crippen MR) is 55.6 cm³/mol. The van der Waals surface area contributed by atoms with Gasteiger partial charge in [-0.3, -0.25) is 0 Å². The van der Waals surface area contributed by atoms with Crippen LogP contribution in [0.3, 0.4) is 0 Å². The lowest BCUT2D eigenvalue weighted by atomic mass is 10.4. The molecule has 1 aromatic heterocycles. The number of carbonyl (C=O) groups is 2. The van der Waals surface area contributed by atoms with Crippen molar-refractivity contribution in [1.82, 2.24) is 9.55 Å². The Morgan fingerprint density at radius 2 is 2.06 bits per heavy atom. The summed E-state index contributed by atoms with van der Waals surface area (Å²) in [6.07, 6.45) is 4.29. The number of hydrogen-bond donors (Lipinski definition) is 0. The maximum atomic E-state index is 11.2. The number of methoxy groups -OCH3 is 2. The Kier molecular flexibility index (Phi) is 3.82. The Labute approximate surface area is 92.5 Å². The van der Waals surface area contributed by atoms with Crippen LogP contribution in [0.25, 0.3) is 6.08 Å². The minimum absolute atomic E-state index is 0.173. The molecule has 0 N–H and O–H groups in total. The first-order chi connectivity index (χ1) is 7.58. The van der Waals surface area contributed by atoms with E-state index in [1.807, 2.05) is 0 Å². The van der Waals surface area contributed by atoms with Crippen LogP contribution in [0.2, 0.25) is 0 Å². The van der Waals surface area contributed by atoms with Crippen molar-refractivity contribution in [2.75, 3.05) is 14.2 Å². The molecule has 1 rings (SSSR count). The average Bonchev–Trinajstić information content (AvgIpc) is 2.66. The van der Waals surface area contributed by atoms with Crippen LogP contribution in [0.1, 0.15) is 16.3 Å². The number of rotatable bonds is 3. The minimum Gasteiger partial charge on any atom is -0.466 e. The molecule has 6 heteroatoms. The molecule has 0 aromatic carbocycles. The smallest absolute Gasteiger partial charge is 0.374 e.